The van der Waals surface area contributed by atoms with Crippen molar-refractivity contribution in [3.8, 4) is 0 Å². The lowest BCUT2D eigenvalue weighted by Gasteiger charge is -2.21. The predicted octanol–water partition coefficient (Wildman–Crippen LogP) is 19.1. The molecule has 5 atom stereocenters. The van der Waals surface area contributed by atoms with Gasteiger partial charge in [-0.1, -0.05) is 286 Å². The Hall–Kier alpha value is -1.94. The van der Waals surface area contributed by atoms with Gasteiger partial charge in [-0.15, -0.1) is 0 Å². The topological polar surface area (TPSA) is 237 Å². The number of phosphoric acid groups is 2. The highest BCUT2D eigenvalue weighted by Crippen LogP contribution is 2.45. The van der Waals surface area contributed by atoms with Crippen molar-refractivity contribution in [2.45, 2.75) is 356 Å². The molecular formula is C68H132O17P2. The molecule has 17 nitrogen and oxygen atoms in total. The van der Waals surface area contributed by atoms with E-state index in [4.69, 9.17) is 37.0 Å². The molecule has 2 unspecified atom stereocenters. The monoisotopic (exact) mass is 1280 g/mol. The number of hydrogen-bond donors (Lipinski definition) is 3. The molecule has 0 saturated carbocycles. The molecule has 3 N–H and O–H groups in total. The van der Waals surface area contributed by atoms with Gasteiger partial charge in [0.25, 0.3) is 0 Å². The van der Waals surface area contributed by atoms with Crippen LogP contribution in [0.25, 0.3) is 0 Å². The van der Waals surface area contributed by atoms with Crippen molar-refractivity contribution in [1.29, 1.82) is 0 Å². The Balaban J connectivity index is 5.24. The molecule has 0 heterocycles. The van der Waals surface area contributed by atoms with Gasteiger partial charge in [-0.25, -0.2) is 9.13 Å². The lowest BCUT2D eigenvalue weighted by molar-refractivity contribution is -0.161. The highest BCUT2D eigenvalue weighted by molar-refractivity contribution is 7.47. The van der Waals surface area contributed by atoms with Crippen molar-refractivity contribution in [2.24, 2.45) is 17.8 Å². The summed E-state index contributed by atoms with van der Waals surface area (Å²) in [6, 6.07) is 0. The molecule has 0 bridgehead atoms. The Labute approximate surface area is 530 Å². The number of rotatable bonds is 66. The molecule has 516 valence electrons. The maximum atomic E-state index is 13.0. The van der Waals surface area contributed by atoms with E-state index in [9.17, 15) is 43.2 Å². The maximum absolute atomic E-state index is 13.0. The van der Waals surface area contributed by atoms with Crippen LogP contribution in [-0.4, -0.2) is 96.7 Å². The SMILES string of the molecule is CCCCCCCCCCCCCCC(=O)OC[C@H](COP(=O)(O)OC[C@@H](O)COP(=O)(O)OC[C@@H](COC(=O)CCCCCCCCCC(C)C)OC(=O)CCCCCCCCCC(C)C)OC(=O)CCCCCCCCCCCCCCC(C)C. The highest BCUT2D eigenvalue weighted by atomic mass is 31.2. The van der Waals surface area contributed by atoms with Crippen LogP contribution in [0.2, 0.25) is 0 Å². The molecular weight excluding hydrogens is 1150 g/mol. The van der Waals surface area contributed by atoms with Gasteiger partial charge in [0.1, 0.15) is 19.3 Å². The number of carbonyl (C=O) groups is 4. The van der Waals surface area contributed by atoms with E-state index in [1.165, 1.54) is 141 Å². The van der Waals surface area contributed by atoms with Gasteiger partial charge in [-0.05, 0) is 43.4 Å². The van der Waals surface area contributed by atoms with Crippen LogP contribution in [0.4, 0.5) is 0 Å². The van der Waals surface area contributed by atoms with Gasteiger partial charge in [0.2, 0.25) is 0 Å². The first-order valence-electron chi connectivity index (χ1n) is 35.3. The van der Waals surface area contributed by atoms with E-state index in [0.717, 1.165) is 102 Å². The van der Waals surface area contributed by atoms with Crippen LogP contribution < -0.4 is 0 Å². The van der Waals surface area contributed by atoms with E-state index >= 15 is 0 Å². The Morgan fingerprint density at radius 2 is 0.529 bits per heavy atom. The normalized spacial score (nSPS) is 14.3. The third kappa shape index (κ3) is 62.6. The van der Waals surface area contributed by atoms with Crippen LogP contribution in [0.3, 0.4) is 0 Å². The van der Waals surface area contributed by atoms with Gasteiger partial charge in [0, 0.05) is 25.7 Å². The van der Waals surface area contributed by atoms with Gasteiger partial charge in [0.15, 0.2) is 12.2 Å². The van der Waals surface area contributed by atoms with Gasteiger partial charge in [0.05, 0.1) is 26.4 Å². The lowest BCUT2D eigenvalue weighted by atomic mass is 10.0. The summed E-state index contributed by atoms with van der Waals surface area (Å²) in [6.45, 7) is 11.7. The fraction of sp³-hybridized carbons (Fsp3) is 0.941. The van der Waals surface area contributed by atoms with Gasteiger partial charge in [-0.2, -0.15) is 0 Å². The second-order valence-corrected chi connectivity index (χ2v) is 28.9. The maximum Gasteiger partial charge on any atom is 0.472 e. The first-order valence-corrected chi connectivity index (χ1v) is 38.3. The molecule has 0 aromatic rings. The van der Waals surface area contributed by atoms with E-state index in [1.807, 2.05) is 0 Å². The van der Waals surface area contributed by atoms with E-state index in [1.54, 1.807) is 0 Å². The van der Waals surface area contributed by atoms with Crippen LogP contribution >= 0.6 is 15.6 Å². The van der Waals surface area contributed by atoms with Crippen molar-refractivity contribution >= 4 is 39.5 Å². The van der Waals surface area contributed by atoms with E-state index < -0.39 is 97.5 Å². The molecule has 0 aliphatic heterocycles. The van der Waals surface area contributed by atoms with Crippen molar-refractivity contribution < 1.29 is 80.2 Å². The molecule has 0 aliphatic carbocycles. The third-order valence-corrected chi connectivity index (χ3v) is 17.5. The molecule has 0 aromatic heterocycles. The molecule has 0 spiro atoms. The lowest BCUT2D eigenvalue weighted by Crippen LogP contribution is -2.30. The zero-order valence-electron chi connectivity index (χ0n) is 56.5. The fourth-order valence-corrected chi connectivity index (χ4v) is 11.8. The third-order valence-electron chi connectivity index (χ3n) is 15.6. The summed E-state index contributed by atoms with van der Waals surface area (Å²) < 4.78 is 68.2. The number of aliphatic hydroxyl groups is 1. The number of carbonyl (C=O) groups excluding carboxylic acids is 4. The molecule has 0 aromatic carbocycles. The second-order valence-electron chi connectivity index (χ2n) is 26.0. The largest absolute Gasteiger partial charge is 0.472 e. The summed E-state index contributed by atoms with van der Waals surface area (Å²) in [5.74, 6) is 0.0463. The Morgan fingerprint density at radius 1 is 0.310 bits per heavy atom. The minimum atomic E-state index is -4.95. The highest BCUT2D eigenvalue weighted by Gasteiger charge is 2.30. The molecule has 0 saturated heterocycles. The number of phosphoric ester groups is 2. The zero-order valence-corrected chi connectivity index (χ0v) is 58.3. The van der Waals surface area contributed by atoms with Crippen LogP contribution in [0.15, 0.2) is 0 Å². The molecule has 0 radical (unpaired) electrons. The van der Waals surface area contributed by atoms with E-state index in [-0.39, 0.29) is 25.7 Å². The first-order chi connectivity index (χ1) is 41.7. The fourth-order valence-electron chi connectivity index (χ4n) is 10.2. The average molecular weight is 1280 g/mol. The van der Waals surface area contributed by atoms with Crippen LogP contribution in [0, 0.1) is 17.8 Å². The van der Waals surface area contributed by atoms with E-state index in [2.05, 4.69) is 48.5 Å². The Kier molecular flexibility index (Phi) is 57.8. The van der Waals surface area contributed by atoms with Crippen molar-refractivity contribution in [1.82, 2.24) is 0 Å². The summed E-state index contributed by atoms with van der Waals surface area (Å²) in [5.41, 5.74) is 0. The van der Waals surface area contributed by atoms with Crippen LogP contribution in [-0.2, 0) is 65.4 Å². The Bertz CT molecular complexity index is 1720. The summed E-state index contributed by atoms with van der Waals surface area (Å²) in [6.07, 6.45) is 41.8. The molecule has 0 aliphatic rings. The van der Waals surface area contributed by atoms with Gasteiger partial charge in [-0.3, -0.25) is 37.3 Å². The molecule has 0 fully saturated rings. The minimum Gasteiger partial charge on any atom is -0.462 e. The quantitative estimate of drug-likeness (QED) is 0.0222. The van der Waals surface area contributed by atoms with Crippen molar-refractivity contribution in [2.75, 3.05) is 39.6 Å². The molecule has 19 heteroatoms. The molecule has 87 heavy (non-hydrogen) atoms. The summed E-state index contributed by atoms with van der Waals surface area (Å²) in [4.78, 5) is 72.4. The second kappa shape index (κ2) is 59.1. The minimum absolute atomic E-state index is 0.102. The smallest absolute Gasteiger partial charge is 0.462 e. The van der Waals surface area contributed by atoms with Gasteiger partial charge >= 0.3 is 39.5 Å². The number of hydrogen-bond acceptors (Lipinski definition) is 15. The van der Waals surface area contributed by atoms with Crippen LogP contribution in [0.1, 0.15) is 337 Å². The van der Waals surface area contributed by atoms with E-state index in [0.29, 0.717) is 37.5 Å². The van der Waals surface area contributed by atoms with Gasteiger partial charge < -0.3 is 33.8 Å². The zero-order chi connectivity index (χ0) is 64.5. The van der Waals surface area contributed by atoms with Crippen LogP contribution in [0.5, 0.6) is 0 Å². The number of aliphatic hydroxyl groups excluding tert-OH is 1. The summed E-state index contributed by atoms with van der Waals surface area (Å²) in [5, 5.41) is 10.6. The first kappa shape index (κ1) is 85.1. The number of ether oxygens (including phenoxy) is 4. The molecule has 0 rings (SSSR count). The number of esters is 4. The predicted molar refractivity (Wildman–Crippen MR) is 349 cm³/mol. The molecule has 0 amide bonds. The van der Waals surface area contributed by atoms with Crippen molar-refractivity contribution in [3.63, 3.8) is 0 Å². The summed E-state index contributed by atoms with van der Waals surface area (Å²) >= 11 is 0. The summed E-state index contributed by atoms with van der Waals surface area (Å²) in [7, 11) is -9.90. The standard InChI is InChI=1S/C68H132O17P2/c1-8-9-10-11-12-13-14-18-21-28-35-42-49-65(70)78-55-63(84-67(72)51-44-37-29-22-19-16-15-17-20-25-32-39-46-59(2)3)57-82-86(74,75)80-53-62(69)54-81-87(76,77)83-58-64(85-68(73)52-45-38-31-24-27-34-41-48-61(6)7)56-79-66(71)50-43-36-30-23-26-33-40-47-60(4)5/h59-64,69H,8-58H2,1-7H3,(H,74,75)(H,76,77)/t62-,63-,64-/m1/s1. The number of unbranched alkanes of at least 4 members (excludes halogenated alkanes) is 34. The Morgan fingerprint density at radius 3 is 0.782 bits per heavy atom. The average Bonchev–Trinajstić information content (AvgIpc) is 3.67. The van der Waals surface area contributed by atoms with Crippen molar-refractivity contribution in [3.05, 3.63) is 0 Å².